The van der Waals surface area contributed by atoms with E-state index in [0.29, 0.717) is 5.69 Å². The van der Waals surface area contributed by atoms with E-state index in [0.717, 1.165) is 38.2 Å². The first-order valence-corrected chi connectivity index (χ1v) is 11.4. The zero-order chi connectivity index (χ0) is 25.3. The molecule has 1 aromatic carbocycles. The van der Waals surface area contributed by atoms with Crippen LogP contribution in [0.15, 0.2) is 33.6 Å². The van der Waals surface area contributed by atoms with E-state index >= 15 is 0 Å². The molecular weight excluding hydrogens is 465 g/mol. The fourth-order valence-electron chi connectivity index (χ4n) is 4.58. The lowest BCUT2D eigenvalue weighted by Gasteiger charge is -2.24. The van der Waals surface area contributed by atoms with Gasteiger partial charge in [0, 0.05) is 19.5 Å². The van der Waals surface area contributed by atoms with Gasteiger partial charge in [-0.2, -0.15) is 13.2 Å². The Bertz CT molecular complexity index is 1280. The van der Waals surface area contributed by atoms with Gasteiger partial charge >= 0.3 is 6.18 Å². The number of benzene rings is 1. The highest BCUT2D eigenvalue weighted by atomic mass is 19.4. The maximum Gasteiger partial charge on any atom is 0.416 e. The van der Waals surface area contributed by atoms with E-state index in [9.17, 15) is 22.8 Å². The molecule has 1 saturated carbocycles. The highest BCUT2D eigenvalue weighted by molar-refractivity contribution is 6.03. The Morgan fingerprint density at radius 3 is 2.60 bits per heavy atom. The van der Waals surface area contributed by atoms with Crippen LogP contribution in [0.1, 0.15) is 71.2 Å². The summed E-state index contributed by atoms with van der Waals surface area (Å²) in [7, 11) is 3.07. The van der Waals surface area contributed by atoms with Crippen LogP contribution in [-0.4, -0.2) is 27.5 Å². The van der Waals surface area contributed by atoms with Crippen molar-refractivity contribution in [3.63, 3.8) is 0 Å². The predicted molar refractivity (Wildman–Crippen MR) is 122 cm³/mol. The summed E-state index contributed by atoms with van der Waals surface area (Å²) in [5.41, 5.74) is -0.568. The lowest BCUT2D eigenvalue weighted by atomic mass is 9.96. The summed E-state index contributed by atoms with van der Waals surface area (Å²) in [4.78, 5) is 25.9. The molecule has 1 amide bonds. The molecule has 0 saturated heterocycles. The molecule has 1 N–H and O–H groups in total. The van der Waals surface area contributed by atoms with Crippen molar-refractivity contribution in [1.29, 1.82) is 0 Å². The Morgan fingerprint density at radius 1 is 1.23 bits per heavy atom. The summed E-state index contributed by atoms with van der Waals surface area (Å²) in [5, 5.41) is 6.31. The van der Waals surface area contributed by atoms with Crippen LogP contribution in [0, 0.1) is 6.92 Å². The standard InChI is InChI=1S/C24H27F3N4O4/c1-14-21(23(33)31(30(14)2)16-7-5-4-6-8-16)28-22(32)20-13-18(35-29-20)11-15-9-10-17(34-3)12-19(15)24(25,26)27/h9-10,12-13,16H,4-8,11H2,1-3H3,(H,28,32). The van der Waals surface area contributed by atoms with Gasteiger partial charge in [-0.25, -0.2) is 4.68 Å². The first kappa shape index (κ1) is 24.6. The number of methoxy groups -OCH3 is 1. The van der Waals surface area contributed by atoms with Crippen molar-refractivity contribution in [3.8, 4) is 5.75 Å². The molecule has 0 atom stereocenters. The summed E-state index contributed by atoms with van der Waals surface area (Å²) in [6.45, 7) is 1.74. The van der Waals surface area contributed by atoms with Gasteiger partial charge in [-0.05, 0) is 37.5 Å². The number of hydrogen-bond donors (Lipinski definition) is 1. The number of nitrogens with zero attached hydrogens (tertiary/aromatic N) is 3. The van der Waals surface area contributed by atoms with Crippen molar-refractivity contribution in [2.45, 2.75) is 57.7 Å². The maximum absolute atomic E-state index is 13.5. The number of ether oxygens (including phenoxy) is 1. The third-order valence-corrected chi connectivity index (χ3v) is 6.53. The minimum Gasteiger partial charge on any atom is -0.497 e. The molecule has 0 radical (unpaired) electrons. The largest absolute Gasteiger partial charge is 0.497 e. The molecule has 2 heterocycles. The Morgan fingerprint density at radius 2 is 1.94 bits per heavy atom. The van der Waals surface area contributed by atoms with Crippen molar-refractivity contribution >= 4 is 11.6 Å². The second-order valence-corrected chi connectivity index (χ2v) is 8.76. The minimum atomic E-state index is -4.59. The first-order chi connectivity index (χ1) is 16.6. The molecule has 1 aliphatic carbocycles. The average molecular weight is 492 g/mol. The molecule has 188 valence electrons. The fraction of sp³-hybridized carbons (Fsp3) is 0.458. The molecule has 1 aliphatic rings. The van der Waals surface area contributed by atoms with Gasteiger partial charge in [0.15, 0.2) is 5.69 Å². The van der Waals surface area contributed by atoms with E-state index in [4.69, 9.17) is 9.26 Å². The third kappa shape index (κ3) is 4.98. The lowest BCUT2D eigenvalue weighted by Crippen LogP contribution is -2.29. The van der Waals surface area contributed by atoms with Crippen LogP contribution in [0.4, 0.5) is 18.9 Å². The molecule has 11 heteroatoms. The highest BCUT2D eigenvalue weighted by Crippen LogP contribution is 2.35. The van der Waals surface area contributed by atoms with E-state index in [-0.39, 0.29) is 46.5 Å². The zero-order valence-corrected chi connectivity index (χ0v) is 19.7. The quantitative estimate of drug-likeness (QED) is 0.531. The van der Waals surface area contributed by atoms with Crippen LogP contribution in [-0.2, 0) is 19.6 Å². The molecule has 0 aliphatic heterocycles. The number of alkyl halides is 3. The topological polar surface area (TPSA) is 91.3 Å². The van der Waals surface area contributed by atoms with Crippen molar-refractivity contribution in [3.05, 3.63) is 62.9 Å². The summed E-state index contributed by atoms with van der Waals surface area (Å²) in [6.07, 6.45) is 0.244. The second-order valence-electron chi connectivity index (χ2n) is 8.76. The van der Waals surface area contributed by atoms with Gasteiger partial charge in [0.1, 0.15) is 17.2 Å². The number of amides is 1. The van der Waals surface area contributed by atoms with Crippen LogP contribution in [0.25, 0.3) is 0 Å². The zero-order valence-electron chi connectivity index (χ0n) is 19.7. The molecule has 3 aromatic rings. The smallest absolute Gasteiger partial charge is 0.416 e. The Kier molecular flexibility index (Phi) is 6.77. The van der Waals surface area contributed by atoms with Gasteiger partial charge in [0.05, 0.1) is 24.4 Å². The number of carbonyl (C=O) groups is 1. The highest BCUT2D eigenvalue weighted by Gasteiger charge is 2.34. The first-order valence-electron chi connectivity index (χ1n) is 11.4. The van der Waals surface area contributed by atoms with Crippen LogP contribution in [0.2, 0.25) is 0 Å². The molecule has 4 rings (SSSR count). The number of halogens is 3. The van der Waals surface area contributed by atoms with Gasteiger partial charge in [0.25, 0.3) is 11.5 Å². The number of hydrogen-bond acceptors (Lipinski definition) is 5. The van der Waals surface area contributed by atoms with Crippen LogP contribution < -0.4 is 15.6 Å². The normalized spacial score (nSPS) is 14.8. The second kappa shape index (κ2) is 9.63. The van der Waals surface area contributed by atoms with Gasteiger partial charge in [-0.1, -0.05) is 30.5 Å². The van der Waals surface area contributed by atoms with E-state index in [1.807, 2.05) is 0 Å². The summed E-state index contributed by atoms with van der Waals surface area (Å²) >= 11 is 0. The monoisotopic (exact) mass is 492 g/mol. The number of nitrogens with one attached hydrogen (secondary N) is 1. The molecule has 0 spiro atoms. The summed E-state index contributed by atoms with van der Waals surface area (Å²) in [5.74, 6) is -0.515. The van der Waals surface area contributed by atoms with E-state index in [2.05, 4.69) is 10.5 Å². The van der Waals surface area contributed by atoms with Crippen LogP contribution in [0.3, 0.4) is 0 Å². The van der Waals surface area contributed by atoms with Gasteiger partial charge < -0.3 is 14.6 Å². The van der Waals surface area contributed by atoms with Crippen molar-refractivity contribution < 1.29 is 27.2 Å². The number of carbonyl (C=O) groups excluding carboxylic acids is 1. The van der Waals surface area contributed by atoms with Gasteiger partial charge in [-0.15, -0.1) is 0 Å². The summed E-state index contributed by atoms with van der Waals surface area (Å²) < 4.78 is 53.9. The number of rotatable bonds is 6. The third-order valence-electron chi connectivity index (χ3n) is 6.53. The van der Waals surface area contributed by atoms with E-state index in [1.165, 1.54) is 25.3 Å². The van der Waals surface area contributed by atoms with Crippen LogP contribution >= 0.6 is 0 Å². The Hall–Kier alpha value is -3.50. The van der Waals surface area contributed by atoms with Crippen LogP contribution in [0.5, 0.6) is 5.75 Å². The number of anilines is 1. The fourth-order valence-corrected chi connectivity index (χ4v) is 4.58. The number of aromatic nitrogens is 3. The molecule has 0 bridgehead atoms. The van der Waals surface area contributed by atoms with Gasteiger partial charge in [0.2, 0.25) is 0 Å². The SMILES string of the molecule is COc1ccc(Cc2cc(C(=O)Nc3c(C)n(C)n(C4CCCCC4)c3=O)no2)c(C(F)(F)F)c1. The van der Waals surface area contributed by atoms with Crippen molar-refractivity contribution in [2.24, 2.45) is 7.05 Å². The minimum absolute atomic E-state index is 0.0457. The maximum atomic E-state index is 13.5. The Labute approximate surface area is 199 Å². The average Bonchev–Trinajstić information content (AvgIpc) is 3.38. The van der Waals surface area contributed by atoms with Crippen molar-refractivity contribution in [2.75, 3.05) is 12.4 Å². The molecule has 35 heavy (non-hydrogen) atoms. The van der Waals surface area contributed by atoms with E-state index < -0.39 is 17.6 Å². The summed E-state index contributed by atoms with van der Waals surface area (Å²) in [6, 6.07) is 4.98. The molecule has 8 nitrogen and oxygen atoms in total. The van der Waals surface area contributed by atoms with Crippen molar-refractivity contribution in [1.82, 2.24) is 14.5 Å². The molecule has 2 aromatic heterocycles. The molecule has 1 fully saturated rings. The van der Waals surface area contributed by atoms with E-state index in [1.54, 1.807) is 23.3 Å². The Balaban J connectivity index is 1.54. The molecular formula is C24H27F3N4O4. The van der Waals surface area contributed by atoms with Gasteiger partial charge in [-0.3, -0.25) is 14.3 Å². The predicted octanol–water partition coefficient (Wildman–Crippen LogP) is 4.86. The lowest BCUT2D eigenvalue weighted by molar-refractivity contribution is -0.138. The molecule has 0 unspecified atom stereocenters.